The second kappa shape index (κ2) is 11.4. The van der Waals surface area contributed by atoms with Gasteiger partial charge in [0.05, 0.1) is 24.0 Å². The van der Waals surface area contributed by atoms with Gasteiger partial charge in [0.25, 0.3) is 0 Å². The van der Waals surface area contributed by atoms with E-state index in [2.05, 4.69) is 15.6 Å². The third-order valence-corrected chi connectivity index (χ3v) is 6.65. The summed E-state index contributed by atoms with van der Waals surface area (Å²) in [5, 5.41) is 6.47. The van der Waals surface area contributed by atoms with E-state index in [-0.39, 0.29) is 30.1 Å². The van der Waals surface area contributed by atoms with Crippen molar-refractivity contribution < 1.29 is 18.3 Å². The largest absolute Gasteiger partial charge is 0.494 e. The van der Waals surface area contributed by atoms with Gasteiger partial charge in [-0.05, 0) is 79.8 Å². The number of nitrogens with one attached hydrogen (secondary N) is 2. The minimum atomic E-state index is -0.482. The van der Waals surface area contributed by atoms with Crippen molar-refractivity contribution in [2.45, 2.75) is 25.4 Å². The van der Waals surface area contributed by atoms with E-state index in [1.165, 1.54) is 12.1 Å². The number of benzene rings is 2. The second-order valence-corrected chi connectivity index (χ2v) is 9.14. The molecule has 1 aliphatic rings. The van der Waals surface area contributed by atoms with Crippen LogP contribution in [-0.4, -0.2) is 34.1 Å². The van der Waals surface area contributed by atoms with E-state index >= 15 is 0 Å². The normalized spacial score (nSPS) is 16.8. The number of nitrogens with zero attached hydrogens (tertiary/aromatic N) is 2. The summed E-state index contributed by atoms with van der Waals surface area (Å²) in [5.41, 5.74) is 1.86. The number of rotatable bonds is 9. The van der Waals surface area contributed by atoms with E-state index in [0.717, 1.165) is 17.0 Å². The molecular formula is C29H27FN4O3S. The van der Waals surface area contributed by atoms with Crippen LogP contribution < -0.4 is 15.4 Å². The van der Waals surface area contributed by atoms with Gasteiger partial charge in [0, 0.05) is 24.7 Å². The number of carbonyl (C=O) groups is 1. The predicted octanol–water partition coefficient (Wildman–Crippen LogP) is 5.88. The van der Waals surface area contributed by atoms with Crippen LogP contribution in [0.3, 0.4) is 0 Å². The van der Waals surface area contributed by atoms with Crippen LogP contribution in [-0.2, 0) is 4.79 Å². The van der Waals surface area contributed by atoms with Gasteiger partial charge in [-0.25, -0.2) is 4.39 Å². The first kappa shape index (κ1) is 25.4. The summed E-state index contributed by atoms with van der Waals surface area (Å²) in [4.78, 5) is 19.1. The molecule has 0 aliphatic carbocycles. The number of hydrogen-bond acceptors (Lipinski definition) is 5. The molecule has 7 nitrogen and oxygen atoms in total. The highest BCUT2D eigenvalue weighted by Crippen LogP contribution is 2.40. The number of para-hydroxylation sites is 1. The summed E-state index contributed by atoms with van der Waals surface area (Å²) < 4.78 is 25.9. The number of furan rings is 1. The average molecular weight is 531 g/mol. The highest BCUT2D eigenvalue weighted by molar-refractivity contribution is 7.80. The van der Waals surface area contributed by atoms with Crippen LogP contribution in [0.2, 0.25) is 0 Å². The number of amides is 1. The van der Waals surface area contributed by atoms with Crippen molar-refractivity contribution in [3.63, 3.8) is 0 Å². The summed E-state index contributed by atoms with van der Waals surface area (Å²) in [6.45, 7) is 2.85. The van der Waals surface area contributed by atoms with Gasteiger partial charge in [0.1, 0.15) is 29.1 Å². The Kier molecular flexibility index (Phi) is 7.65. The summed E-state index contributed by atoms with van der Waals surface area (Å²) in [6, 6.07) is 22.7. The first-order valence-corrected chi connectivity index (χ1v) is 12.8. The van der Waals surface area contributed by atoms with Crippen molar-refractivity contribution in [3.05, 3.63) is 102 Å². The highest BCUT2D eigenvalue weighted by Gasteiger charge is 2.41. The number of ether oxygens (including phenoxy) is 1. The van der Waals surface area contributed by atoms with Crippen LogP contribution >= 0.6 is 12.2 Å². The van der Waals surface area contributed by atoms with Gasteiger partial charge >= 0.3 is 0 Å². The van der Waals surface area contributed by atoms with Crippen LogP contribution in [0.5, 0.6) is 5.75 Å². The predicted molar refractivity (Wildman–Crippen MR) is 147 cm³/mol. The molecule has 1 aliphatic heterocycles. The van der Waals surface area contributed by atoms with E-state index in [9.17, 15) is 9.18 Å². The van der Waals surface area contributed by atoms with Crippen molar-refractivity contribution in [2.24, 2.45) is 0 Å². The minimum Gasteiger partial charge on any atom is -0.494 e. The molecule has 5 rings (SSSR count). The molecule has 2 atom stereocenters. The molecule has 38 heavy (non-hydrogen) atoms. The lowest BCUT2D eigenvalue weighted by Gasteiger charge is -2.25. The Labute approximate surface area is 225 Å². The van der Waals surface area contributed by atoms with Crippen molar-refractivity contribution in [1.82, 2.24) is 15.2 Å². The van der Waals surface area contributed by atoms with Gasteiger partial charge in [0.2, 0.25) is 5.91 Å². The number of halogens is 1. The third kappa shape index (κ3) is 5.52. The van der Waals surface area contributed by atoms with Gasteiger partial charge in [0.15, 0.2) is 5.11 Å². The zero-order valence-corrected chi connectivity index (χ0v) is 21.6. The standard InChI is InChI=1S/C29H27FN4O3S/c1-2-36-20-12-10-19(11-13-20)24-14-15-25(37-24)28-27(23-9-5-6-17-31-23)33-29(38)34(28)18-16-26(35)32-22-8-4-3-7-21(22)30/h3-15,17,27-28H,2,16,18H2,1H3,(H,32,35)(H,33,38)/t27-,28+/m0/s1. The molecule has 194 valence electrons. The molecule has 0 bridgehead atoms. The Morgan fingerprint density at radius 3 is 2.63 bits per heavy atom. The number of aromatic nitrogens is 1. The zero-order valence-electron chi connectivity index (χ0n) is 20.8. The first-order valence-electron chi connectivity index (χ1n) is 12.4. The number of thiocarbonyl (C=S) groups is 1. The maximum absolute atomic E-state index is 14.0. The zero-order chi connectivity index (χ0) is 26.5. The summed E-state index contributed by atoms with van der Waals surface area (Å²) >= 11 is 5.68. The Hall–Kier alpha value is -4.24. The summed E-state index contributed by atoms with van der Waals surface area (Å²) in [7, 11) is 0. The van der Waals surface area contributed by atoms with Crippen molar-refractivity contribution in [1.29, 1.82) is 0 Å². The molecule has 2 aromatic carbocycles. The molecule has 1 fully saturated rings. The summed E-state index contributed by atoms with van der Waals surface area (Å²) in [6.07, 6.45) is 1.84. The lowest BCUT2D eigenvalue weighted by Crippen LogP contribution is -2.32. The van der Waals surface area contributed by atoms with Crippen LogP contribution in [0.4, 0.5) is 10.1 Å². The Balaban J connectivity index is 1.38. The molecule has 2 N–H and O–H groups in total. The third-order valence-electron chi connectivity index (χ3n) is 6.29. The van der Waals surface area contributed by atoms with Crippen molar-refractivity contribution in [3.8, 4) is 17.1 Å². The van der Waals surface area contributed by atoms with Gasteiger partial charge in [-0.2, -0.15) is 0 Å². The number of anilines is 1. The molecule has 3 heterocycles. The van der Waals surface area contributed by atoms with Gasteiger partial charge < -0.3 is 24.7 Å². The lowest BCUT2D eigenvalue weighted by molar-refractivity contribution is -0.116. The fourth-order valence-corrected chi connectivity index (χ4v) is 4.83. The maximum atomic E-state index is 14.0. The molecule has 0 radical (unpaired) electrons. The monoisotopic (exact) mass is 530 g/mol. The van der Waals surface area contributed by atoms with Gasteiger partial charge in [-0.15, -0.1) is 0 Å². The van der Waals surface area contributed by atoms with Crippen LogP contribution in [0, 0.1) is 5.82 Å². The van der Waals surface area contributed by atoms with E-state index in [1.54, 1.807) is 18.3 Å². The van der Waals surface area contributed by atoms with Crippen molar-refractivity contribution >= 4 is 28.9 Å². The molecule has 4 aromatic rings. The van der Waals surface area contributed by atoms with Gasteiger partial charge in [-0.1, -0.05) is 18.2 Å². The van der Waals surface area contributed by atoms with Crippen LogP contribution in [0.15, 0.2) is 89.5 Å². The Morgan fingerprint density at radius 2 is 1.89 bits per heavy atom. The average Bonchev–Trinajstić information content (AvgIpc) is 3.54. The minimum absolute atomic E-state index is 0.105. The number of pyridine rings is 1. The molecule has 0 spiro atoms. The lowest BCUT2D eigenvalue weighted by atomic mass is 10.0. The van der Waals surface area contributed by atoms with Gasteiger partial charge in [-0.3, -0.25) is 9.78 Å². The van der Waals surface area contributed by atoms with Crippen molar-refractivity contribution in [2.75, 3.05) is 18.5 Å². The smallest absolute Gasteiger partial charge is 0.226 e. The molecule has 0 unspecified atom stereocenters. The SMILES string of the molecule is CCOc1ccc(-c2ccc([C@@H]3[C@H](c4ccccn4)NC(=S)N3CCC(=O)Nc3ccccc3F)o2)cc1. The van der Waals surface area contributed by atoms with Crippen LogP contribution in [0.25, 0.3) is 11.3 Å². The Bertz CT molecular complexity index is 1410. The van der Waals surface area contributed by atoms with Crippen LogP contribution in [0.1, 0.15) is 36.9 Å². The fraction of sp³-hybridized carbons (Fsp3) is 0.207. The molecular weight excluding hydrogens is 503 g/mol. The Morgan fingerprint density at radius 1 is 1.11 bits per heavy atom. The number of carbonyl (C=O) groups excluding carboxylic acids is 1. The fourth-order valence-electron chi connectivity index (χ4n) is 4.50. The van der Waals surface area contributed by atoms with E-state index < -0.39 is 5.82 Å². The molecule has 2 aromatic heterocycles. The first-order chi connectivity index (χ1) is 18.5. The quantitative estimate of drug-likeness (QED) is 0.262. The second-order valence-electron chi connectivity index (χ2n) is 8.76. The maximum Gasteiger partial charge on any atom is 0.226 e. The molecule has 0 saturated carbocycles. The molecule has 1 saturated heterocycles. The highest BCUT2D eigenvalue weighted by atomic mass is 32.1. The number of hydrogen-bond donors (Lipinski definition) is 2. The molecule has 9 heteroatoms. The molecule has 1 amide bonds. The van der Waals surface area contributed by atoms with E-state index in [4.69, 9.17) is 21.4 Å². The summed E-state index contributed by atoms with van der Waals surface area (Å²) in [5.74, 6) is 1.39. The topological polar surface area (TPSA) is 79.6 Å². The van der Waals surface area contributed by atoms with E-state index in [1.807, 2.05) is 66.4 Å². The van der Waals surface area contributed by atoms with E-state index in [0.29, 0.717) is 29.8 Å².